The van der Waals surface area contributed by atoms with E-state index in [1.54, 1.807) is 31.4 Å². The highest BCUT2D eigenvalue weighted by atomic mass is 16.5. The number of benzene rings is 1. The van der Waals surface area contributed by atoms with Crippen LogP contribution in [-0.4, -0.2) is 19.2 Å². The normalized spacial score (nSPS) is 11.2. The third-order valence-corrected chi connectivity index (χ3v) is 2.51. The molecule has 0 saturated heterocycles. The summed E-state index contributed by atoms with van der Waals surface area (Å²) in [7, 11) is 1.59. The topological polar surface area (TPSA) is 74.2 Å². The molecule has 1 rings (SSSR count). The fourth-order valence-corrected chi connectivity index (χ4v) is 1.43. The smallest absolute Gasteiger partial charge is 0.319 e. The molecule has 0 bridgehead atoms. The van der Waals surface area contributed by atoms with Crippen LogP contribution in [0.25, 0.3) is 0 Å². The van der Waals surface area contributed by atoms with Gasteiger partial charge in [-0.1, -0.05) is 6.92 Å². The first kappa shape index (κ1) is 13.8. The number of nitrogens with one attached hydrogen (secondary N) is 2. The Labute approximate surface area is 107 Å². The summed E-state index contributed by atoms with van der Waals surface area (Å²) in [5.41, 5.74) is 0.681. The molecule has 0 aromatic heterocycles. The van der Waals surface area contributed by atoms with Crippen molar-refractivity contribution in [1.82, 2.24) is 5.32 Å². The van der Waals surface area contributed by atoms with Gasteiger partial charge in [0.25, 0.3) is 0 Å². The molecule has 0 aliphatic heterocycles. The number of nitriles is 1. The van der Waals surface area contributed by atoms with Crippen LogP contribution in [0.1, 0.15) is 19.8 Å². The Hall–Kier alpha value is -2.22. The SMILES string of the molecule is CCC(CC#N)NC(=O)Nc1ccc(OC)cc1. The van der Waals surface area contributed by atoms with Crippen molar-refractivity contribution < 1.29 is 9.53 Å². The molecular formula is C13H17N3O2. The maximum absolute atomic E-state index is 11.6. The van der Waals surface area contributed by atoms with Crippen LogP contribution in [0.15, 0.2) is 24.3 Å². The molecule has 1 aromatic rings. The van der Waals surface area contributed by atoms with E-state index >= 15 is 0 Å². The van der Waals surface area contributed by atoms with Crippen molar-refractivity contribution in [3.63, 3.8) is 0 Å². The largest absolute Gasteiger partial charge is 0.497 e. The molecule has 1 atom stereocenters. The fraction of sp³-hybridized carbons (Fsp3) is 0.385. The molecule has 18 heavy (non-hydrogen) atoms. The third kappa shape index (κ3) is 4.34. The van der Waals surface area contributed by atoms with Crippen LogP contribution < -0.4 is 15.4 Å². The minimum Gasteiger partial charge on any atom is -0.497 e. The number of methoxy groups -OCH3 is 1. The van der Waals surface area contributed by atoms with Crippen molar-refractivity contribution in [3.8, 4) is 11.8 Å². The first-order valence-electron chi connectivity index (χ1n) is 5.78. The minimum absolute atomic E-state index is 0.117. The molecule has 5 nitrogen and oxygen atoms in total. The number of anilines is 1. The van der Waals surface area contributed by atoms with Gasteiger partial charge in [0.15, 0.2) is 0 Å². The Bertz CT molecular complexity index is 423. The Morgan fingerprint density at radius 1 is 1.44 bits per heavy atom. The Kier molecular flexibility index (Phi) is 5.52. The van der Waals surface area contributed by atoms with Crippen molar-refractivity contribution >= 4 is 11.7 Å². The van der Waals surface area contributed by atoms with Crippen molar-refractivity contribution in [2.75, 3.05) is 12.4 Å². The Morgan fingerprint density at radius 2 is 2.11 bits per heavy atom. The summed E-state index contributed by atoms with van der Waals surface area (Å²) < 4.78 is 5.02. The minimum atomic E-state index is -0.303. The number of carbonyl (C=O) groups is 1. The molecule has 96 valence electrons. The second-order valence-corrected chi connectivity index (χ2v) is 3.79. The maximum Gasteiger partial charge on any atom is 0.319 e. The fourth-order valence-electron chi connectivity index (χ4n) is 1.43. The molecule has 0 heterocycles. The van der Waals surface area contributed by atoms with Gasteiger partial charge in [-0.15, -0.1) is 0 Å². The first-order chi connectivity index (χ1) is 8.69. The number of nitrogens with zero attached hydrogens (tertiary/aromatic N) is 1. The molecule has 0 radical (unpaired) electrons. The predicted molar refractivity (Wildman–Crippen MR) is 69.5 cm³/mol. The van der Waals surface area contributed by atoms with E-state index in [9.17, 15) is 4.79 Å². The summed E-state index contributed by atoms with van der Waals surface area (Å²) in [5, 5.41) is 14.0. The van der Waals surface area contributed by atoms with Gasteiger partial charge in [0.2, 0.25) is 0 Å². The second-order valence-electron chi connectivity index (χ2n) is 3.79. The van der Waals surface area contributed by atoms with E-state index in [1.165, 1.54) is 0 Å². The highest BCUT2D eigenvalue weighted by Crippen LogP contribution is 2.14. The summed E-state index contributed by atoms with van der Waals surface area (Å²) in [6.07, 6.45) is 1.04. The van der Waals surface area contributed by atoms with Crippen LogP contribution in [0.3, 0.4) is 0 Å². The van der Waals surface area contributed by atoms with Gasteiger partial charge < -0.3 is 15.4 Å². The lowest BCUT2D eigenvalue weighted by molar-refractivity contribution is 0.248. The molecule has 2 amide bonds. The predicted octanol–water partition coefficient (Wildman–Crippen LogP) is 2.51. The van der Waals surface area contributed by atoms with E-state index in [2.05, 4.69) is 10.6 Å². The van der Waals surface area contributed by atoms with Gasteiger partial charge in [-0.05, 0) is 30.7 Å². The van der Waals surface area contributed by atoms with Crippen LogP contribution in [0.5, 0.6) is 5.75 Å². The van der Waals surface area contributed by atoms with E-state index < -0.39 is 0 Å². The van der Waals surface area contributed by atoms with E-state index in [0.29, 0.717) is 12.1 Å². The lowest BCUT2D eigenvalue weighted by Crippen LogP contribution is -2.37. The highest BCUT2D eigenvalue weighted by molar-refractivity contribution is 5.89. The van der Waals surface area contributed by atoms with Crippen LogP contribution >= 0.6 is 0 Å². The molecule has 0 fully saturated rings. The molecule has 0 spiro atoms. The van der Waals surface area contributed by atoms with Gasteiger partial charge >= 0.3 is 6.03 Å². The zero-order valence-corrected chi connectivity index (χ0v) is 10.6. The van der Waals surface area contributed by atoms with Gasteiger partial charge in [-0.3, -0.25) is 0 Å². The number of hydrogen-bond acceptors (Lipinski definition) is 3. The first-order valence-corrected chi connectivity index (χ1v) is 5.78. The average molecular weight is 247 g/mol. The third-order valence-electron chi connectivity index (χ3n) is 2.51. The number of ether oxygens (including phenoxy) is 1. The lowest BCUT2D eigenvalue weighted by Gasteiger charge is -2.14. The molecule has 2 N–H and O–H groups in total. The average Bonchev–Trinajstić information content (AvgIpc) is 2.39. The van der Waals surface area contributed by atoms with Gasteiger partial charge in [-0.2, -0.15) is 5.26 Å². The molecule has 1 aromatic carbocycles. The quantitative estimate of drug-likeness (QED) is 0.839. The Balaban J connectivity index is 2.50. The molecular weight excluding hydrogens is 230 g/mol. The molecule has 1 unspecified atom stereocenters. The van der Waals surface area contributed by atoms with E-state index in [1.807, 2.05) is 13.0 Å². The number of hydrogen-bond donors (Lipinski definition) is 2. The monoisotopic (exact) mass is 247 g/mol. The van der Waals surface area contributed by atoms with Crippen LogP contribution in [0.4, 0.5) is 10.5 Å². The van der Waals surface area contributed by atoms with E-state index in [-0.39, 0.29) is 12.1 Å². The van der Waals surface area contributed by atoms with Gasteiger partial charge in [0.1, 0.15) is 5.75 Å². The summed E-state index contributed by atoms with van der Waals surface area (Å²) in [5.74, 6) is 0.733. The van der Waals surface area contributed by atoms with Gasteiger partial charge in [0, 0.05) is 11.7 Å². The van der Waals surface area contributed by atoms with Crippen molar-refractivity contribution in [1.29, 1.82) is 5.26 Å². The number of urea groups is 1. The summed E-state index contributed by atoms with van der Waals surface area (Å²) in [6, 6.07) is 8.66. The molecule has 0 saturated carbocycles. The Morgan fingerprint density at radius 3 is 2.61 bits per heavy atom. The summed E-state index contributed by atoms with van der Waals surface area (Å²) >= 11 is 0. The summed E-state index contributed by atoms with van der Waals surface area (Å²) in [4.78, 5) is 11.6. The molecule has 0 aliphatic rings. The van der Waals surface area contributed by atoms with E-state index in [4.69, 9.17) is 10.00 Å². The van der Waals surface area contributed by atoms with E-state index in [0.717, 1.165) is 12.2 Å². The van der Waals surface area contributed by atoms with Crippen molar-refractivity contribution in [2.24, 2.45) is 0 Å². The zero-order valence-electron chi connectivity index (χ0n) is 10.6. The number of amides is 2. The lowest BCUT2D eigenvalue weighted by atomic mass is 10.2. The van der Waals surface area contributed by atoms with Crippen LogP contribution in [0, 0.1) is 11.3 Å². The zero-order chi connectivity index (χ0) is 13.4. The second kappa shape index (κ2) is 7.17. The number of rotatable bonds is 5. The molecule has 0 aliphatic carbocycles. The van der Waals surface area contributed by atoms with Gasteiger partial charge in [0.05, 0.1) is 19.6 Å². The van der Waals surface area contributed by atoms with Crippen LogP contribution in [-0.2, 0) is 0 Å². The molecule has 5 heteroatoms. The van der Waals surface area contributed by atoms with Crippen molar-refractivity contribution in [3.05, 3.63) is 24.3 Å². The van der Waals surface area contributed by atoms with Gasteiger partial charge in [-0.25, -0.2) is 4.79 Å². The summed E-state index contributed by atoms with van der Waals surface area (Å²) in [6.45, 7) is 1.93. The number of carbonyl (C=O) groups excluding carboxylic acids is 1. The maximum atomic E-state index is 11.6. The van der Waals surface area contributed by atoms with Crippen LogP contribution in [0.2, 0.25) is 0 Å². The van der Waals surface area contributed by atoms with Crippen molar-refractivity contribution in [2.45, 2.75) is 25.8 Å². The highest BCUT2D eigenvalue weighted by Gasteiger charge is 2.09. The standard InChI is InChI=1S/C13H17N3O2/c1-3-10(8-9-14)15-13(17)16-11-4-6-12(18-2)7-5-11/h4-7,10H,3,8H2,1-2H3,(H2,15,16,17).